The SMILES string of the molecule is COc1ccccc1OCC(=O)N1CCN(C(=O)c2csc(C)n2)CC1. The summed E-state index contributed by atoms with van der Waals surface area (Å²) in [6.45, 7) is 3.79. The third-order valence-electron chi connectivity index (χ3n) is 4.18. The van der Waals surface area contributed by atoms with Gasteiger partial charge in [0.2, 0.25) is 0 Å². The first-order valence-electron chi connectivity index (χ1n) is 8.33. The first-order valence-corrected chi connectivity index (χ1v) is 9.21. The van der Waals surface area contributed by atoms with Crippen molar-refractivity contribution in [3.8, 4) is 11.5 Å². The van der Waals surface area contributed by atoms with Crippen LogP contribution in [0.25, 0.3) is 0 Å². The number of para-hydroxylation sites is 2. The van der Waals surface area contributed by atoms with Crippen LogP contribution >= 0.6 is 11.3 Å². The van der Waals surface area contributed by atoms with Crippen LogP contribution in [0.4, 0.5) is 0 Å². The quantitative estimate of drug-likeness (QED) is 0.797. The number of rotatable bonds is 5. The molecule has 26 heavy (non-hydrogen) atoms. The zero-order valence-electron chi connectivity index (χ0n) is 14.8. The Bertz CT molecular complexity index is 784. The standard InChI is InChI=1S/C18H21N3O4S/c1-13-19-14(12-26-13)18(23)21-9-7-20(8-10-21)17(22)11-25-16-6-4-3-5-15(16)24-2/h3-6,12H,7-11H2,1-2H3. The number of hydrogen-bond donors (Lipinski definition) is 0. The molecule has 1 aliphatic rings. The number of hydrogen-bond acceptors (Lipinski definition) is 6. The number of ether oxygens (including phenoxy) is 2. The largest absolute Gasteiger partial charge is 0.493 e. The summed E-state index contributed by atoms with van der Waals surface area (Å²) >= 11 is 1.46. The van der Waals surface area contributed by atoms with E-state index in [4.69, 9.17) is 9.47 Å². The van der Waals surface area contributed by atoms with Crippen LogP contribution in [0.2, 0.25) is 0 Å². The number of carbonyl (C=O) groups is 2. The Morgan fingerprint density at radius 1 is 1.12 bits per heavy atom. The first-order chi connectivity index (χ1) is 12.6. The summed E-state index contributed by atoms with van der Waals surface area (Å²) in [5.74, 6) is 0.949. The summed E-state index contributed by atoms with van der Waals surface area (Å²) in [6.07, 6.45) is 0. The lowest BCUT2D eigenvalue weighted by molar-refractivity contribution is -0.134. The van der Waals surface area contributed by atoms with Gasteiger partial charge in [-0.1, -0.05) is 12.1 Å². The lowest BCUT2D eigenvalue weighted by Gasteiger charge is -2.34. The highest BCUT2D eigenvalue weighted by Crippen LogP contribution is 2.25. The molecule has 0 bridgehead atoms. The molecule has 3 rings (SSSR count). The van der Waals surface area contributed by atoms with Crippen LogP contribution in [-0.4, -0.2) is 66.5 Å². The van der Waals surface area contributed by atoms with Crippen molar-refractivity contribution in [3.05, 3.63) is 40.3 Å². The predicted octanol–water partition coefficient (Wildman–Crippen LogP) is 1.82. The number of aromatic nitrogens is 1. The Hall–Kier alpha value is -2.61. The topological polar surface area (TPSA) is 72.0 Å². The Balaban J connectivity index is 1.50. The van der Waals surface area contributed by atoms with E-state index in [0.717, 1.165) is 5.01 Å². The molecule has 0 atom stereocenters. The fraction of sp³-hybridized carbons (Fsp3) is 0.389. The van der Waals surface area contributed by atoms with Gasteiger partial charge in [-0.25, -0.2) is 4.98 Å². The number of aryl methyl sites for hydroxylation is 1. The molecule has 1 aromatic carbocycles. The average Bonchev–Trinajstić information content (AvgIpc) is 3.12. The van der Waals surface area contributed by atoms with Gasteiger partial charge >= 0.3 is 0 Å². The monoisotopic (exact) mass is 375 g/mol. The second-order valence-corrected chi connectivity index (χ2v) is 6.93. The highest BCUT2D eigenvalue weighted by atomic mass is 32.1. The van der Waals surface area contributed by atoms with Gasteiger partial charge < -0.3 is 19.3 Å². The molecular formula is C18H21N3O4S. The normalized spacial score (nSPS) is 14.2. The van der Waals surface area contributed by atoms with E-state index in [1.807, 2.05) is 19.1 Å². The van der Waals surface area contributed by atoms with Crippen molar-refractivity contribution < 1.29 is 19.1 Å². The van der Waals surface area contributed by atoms with E-state index in [1.54, 1.807) is 34.4 Å². The molecule has 7 nitrogen and oxygen atoms in total. The van der Waals surface area contributed by atoms with E-state index < -0.39 is 0 Å². The van der Waals surface area contributed by atoms with Crippen molar-refractivity contribution in [1.82, 2.24) is 14.8 Å². The molecular weight excluding hydrogens is 354 g/mol. The van der Waals surface area contributed by atoms with E-state index >= 15 is 0 Å². The maximum Gasteiger partial charge on any atom is 0.273 e. The van der Waals surface area contributed by atoms with E-state index in [9.17, 15) is 9.59 Å². The summed E-state index contributed by atoms with van der Waals surface area (Å²) in [6, 6.07) is 7.21. The van der Waals surface area contributed by atoms with Crippen LogP contribution in [0.15, 0.2) is 29.6 Å². The molecule has 0 aliphatic carbocycles. The summed E-state index contributed by atoms with van der Waals surface area (Å²) < 4.78 is 10.8. The summed E-state index contributed by atoms with van der Waals surface area (Å²) in [5, 5.41) is 2.65. The van der Waals surface area contributed by atoms with Gasteiger partial charge in [0, 0.05) is 31.6 Å². The fourth-order valence-electron chi connectivity index (χ4n) is 2.75. The second kappa shape index (κ2) is 8.18. The number of piperazine rings is 1. The van der Waals surface area contributed by atoms with Gasteiger partial charge in [0.05, 0.1) is 12.1 Å². The van der Waals surface area contributed by atoms with Crippen molar-refractivity contribution in [3.63, 3.8) is 0 Å². The Morgan fingerprint density at radius 3 is 2.38 bits per heavy atom. The van der Waals surface area contributed by atoms with Gasteiger partial charge in [-0.05, 0) is 19.1 Å². The van der Waals surface area contributed by atoms with Gasteiger partial charge in [0.15, 0.2) is 18.1 Å². The Kier molecular flexibility index (Phi) is 5.72. The van der Waals surface area contributed by atoms with Crippen molar-refractivity contribution in [2.75, 3.05) is 39.9 Å². The molecule has 1 saturated heterocycles. The first kappa shape index (κ1) is 18.2. The van der Waals surface area contributed by atoms with Crippen LogP contribution in [0.3, 0.4) is 0 Å². The smallest absolute Gasteiger partial charge is 0.273 e. The minimum Gasteiger partial charge on any atom is -0.493 e. The third kappa shape index (κ3) is 4.13. The number of methoxy groups -OCH3 is 1. The molecule has 1 aliphatic heterocycles. The second-order valence-electron chi connectivity index (χ2n) is 5.86. The molecule has 0 spiro atoms. The molecule has 0 unspecified atom stereocenters. The van der Waals surface area contributed by atoms with Crippen LogP contribution in [0.1, 0.15) is 15.5 Å². The Morgan fingerprint density at radius 2 is 1.77 bits per heavy atom. The van der Waals surface area contributed by atoms with Gasteiger partial charge in [-0.15, -0.1) is 11.3 Å². The van der Waals surface area contributed by atoms with Crippen molar-refractivity contribution in [2.45, 2.75) is 6.92 Å². The molecule has 0 saturated carbocycles. The van der Waals surface area contributed by atoms with E-state index in [0.29, 0.717) is 43.4 Å². The van der Waals surface area contributed by atoms with Crippen LogP contribution < -0.4 is 9.47 Å². The number of carbonyl (C=O) groups excluding carboxylic acids is 2. The summed E-state index contributed by atoms with van der Waals surface area (Å²) in [4.78, 5) is 32.4. The summed E-state index contributed by atoms with van der Waals surface area (Å²) in [7, 11) is 1.56. The molecule has 0 N–H and O–H groups in total. The third-order valence-corrected chi connectivity index (χ3v) is 4.95. The number of nitrogens with zero attached hydrogens (tertiary/aromatic N) is 3. The van der Waals surface area contributed by atoms with Gasteiger partial charge in [0.1, 0.15) is 5.69 Å². The number of benzene rings is 1. The lowest BCUT2D eigenvalue weighted by Crippen LogP contribution is -2.51. The van der Waals surface area contributed by atoms with E-state index in [1.165, 1.54) is 11.3 Å². The predicted molar refractivity (Wildman–Crippen MR) is 97.8 cm³/mol. The van der Waals surface area contributed by atoms with Crippen molar-refractivity contribution in [1.29, 1.82) is 0 Å². The van der Waals surface area contributed by atoms with E-state index in [2.05, 4.69) is 4.98 Å². The number of thiazole rings is 1. The minimum atomic E-state index is -0.104. The highest BCUT2D eigenvalue weighted by molar-refractivity contribution is 7.09. The van der Waals surface area contributed by atoms with Gasteiger partial charge in [-0.3, -0.25) is 9.59 Å². The van der Waals surface area contributed by atoms with Gasteiger partial charge in [-0.2, -0.15) is 0 Å². The van der Waals surface area contributed by atoms with Crippen molar-refractivity contribution >= 4 is 23.2 Å². The van der Waals surface area contributed by atoms with Gasteiger partial charge in [0.25, 0.3) is 11.8 Å². The average molecular weight is 375 g/mol. The lowest BCUT2D eigenvalue weighted by atomic mass is 10.3. The molecule has 2 heterocycles. The summed E-state index contributed by atoms with van der Waals surface area (Å²) in [5.41, 5.74) is 0.479. The van der Waals surface area contributed by atoms with Crippen LogP contribution in [0, 0.1) is 6.92 Å². The number of amides is 2. The maximum absolute atomic E-state index is 12.4. The maximum atomic E-state index is 12.4. The molecule has 2 amide bonds. The highest BCUT2D eigenvalue weighted by Gasteiger charge is 2.26. The van der Waals surface area contributed by atoms with E-state index in [-0.39, 0.29) is 18.4 Å². The zero-order chi connectivity index (χ0) is 18.5. The fourth-order valence-corrected chi connectivity index (χ4v) is 3.34. The Labute approximate surface area is 156 Å². The minimum absolute atomic E-state index is 0.0560. The molecule has 1 aromatic heterocycles. The molecule has 2 aromatic rings. The van der Waals surface area contributed by atoms with Crippen LogP contribution in [0.5, 0.6) is 11.5 Å². The molecule has 138 valence electrons. The molecule has 1 fully saturated rings. The zero-order valence-corrected chi connectivity index (χ0v) is 15.6. The van der Waals surface area contributed by atoms with Crippen molar-refractivity contribution in [2.24, 2.45) is 0 Å². The molecule has 0 radical (unpaired) electrons. The van der Waals surface area contributed by atoms with Crippen LogP contribution in [-0.2, 0) is 4.79 Å². The molecule has 8 heteroatoms.